The maximum atomic E-state index is 6.67. The van der Waals surface area contributed by atoms with Gasteiger partial charge in [0.05, 0.1) is 60.3 Å². The molecule has 26 rings (SSSR count). The van der Waals surface area contributed by atoms with Crippen LogP contribution in [0.25, 0.3) is 218 Å². The lowest BCUT2D eigenvalue weighted by Gasteiger charge is -2.09. The summed E-state index contributed by atoms with van der Waals surface area (Å²) in [5.41, 5.74) is 19.8. The molecule has 112 heavy (non-hydrogen) atoms. The largest absolute Gasteiger partial charge is 0.456 e. The molecule has 0 radical (unpaired) electrons. The topological polar surface area (TPSA) is 59.1 Å². The first-order chi connectivity index (χ1) is 55.6. The van der Waals surface area contributed by atoms with Gasteiger partial charge in [-0.1, -0.05) is 249 Å². The van der Waals surface area contributed by atoms with Crippen LogP contribution < -0.4 is 0 Å². The summed E-state index contributed by atoms with van der Waals surface area (Å²) in [5.74, 6) is 0. The molecule has 0 atom stereocenters. The van der Waals surface area contributed by atoms with Gasteiger partial charge in [0.2, 0.25) is 0 Å². The van der Waals surface area contributed by atoms with Gasteiger partial charge in [-0.2, -0.15) is 0 Å². The Morgan fingerprint density at radius 1 is 0.170 bits per heavy atom. The summed E-state index contributed by atoms with van der Waals surface area (Å²) in [5, 5.41) is 24.6. The van der Waals surface area contributed by atoms with Gasteiger partial charge in [0.25, 0.3) is 0 Å². The third-order valence-corrected chi connectivity index (χ3v) is 23.8. The summed E-state index contributed by atoms with van der Waals surface area (Å²) in [7, 11) is 0. The van der Waals surface area contributed by atoms with E-state index in [1.807, 2.05) is 29.5 Å². The average Bonchev–Trinajstić information content (AvgIpc) is 1.60. The second-order valence-corrected chi connectivity index (χ2v) is 29.9. The van der Waals surface area contributed by atoms with Gasteiger partial charge in [0.15, 0.2) is 0 Å². The molecule has 8 heteroatoms. The maximum absolute atomic E-state index is 6.67. The number of benzene rings is 18. The fourth-order valence-corrected chi connectivity index (χ4v) is 19.3. The minimum Gasteiger partial charge on any atom is -0.456 e. The molecular formula is C104H64N4O3S. The fourth-order valence-electron chi connectivity index (χ4n) is 18.1. The molecule has 0 saturated heterocycles. The molecule has 0 amide bonds. The highest BCUT2D eigenvalue weighted by Crippen LogP contribution is 2.48. The van der Waals surface area contributed by atoms with E-state index in [1.54, 1.807) is 0 Å². The predicted octanol–water partition coefficient (Wildman–Crippen LogP) is 29.5. The van der Waals surface area contributed by atoms with Gasteiger partial charge >= 0.3 is 0 Å². The third kappa shape index (κ3) is 9.72. The molecule has 0 bridgehead atoms. The number of hydrogen-bond acceptors (Lipinski definition) is 4. The van der Waals surface area contributed by atoms with Crippen molar-refractivity contribution in [3.63, 3.8) is 0 Å². The zero-order chi connectivity index (χ0) is 73.5. The van der Waals surface area contributed by atoms with Crippen LogP contribution in [0.2, 0.25) is 0 Å². The van der Waals surface area contributed by atoms with Crippen molar-refractivity contribution in [1.29, 1.82) is 0 Å². The average molecular weight is 1450 g/mol. The van der Waals surface area contributed by atoms with Crippen LogP contribution in [0.3, 0.4) is 0 Å². The van der Waals surface area contributed by atoms with Crippen LogP contribution in [0.4, 0.5) is 0 Å². The number of hydrogen-bond donors (Lipinski definition) is 0. The van der Waals surface area contributed by atoms with Gasteiger partial charge < -0.3 is 31.5 Å². The number of fused-ring (bicyclic) bond motifs is 12. The molecule has 0 aliphatic carbocycles. The Hall–Kier alpha value is -14.7. The van der Waals surface area contributed by atoms with Gasteiger partial charge in [0, 0.05) is 80.6 Å². The molecule has 0 aliphatic rings. The van der Waals surface area contributed by atoms with E-state index in [-0.39, 0.29) is 0 Å². The predicted molar refractivity (Wildman–Crippen MR) is 473 cm³/mol. The second-order valence-electron chi connectivity index (χ2n) is 28.8. The van der Waals surface area contributed by atoms with Gasteiger partial charge in [-0.25, -0.2) is 0 Å². The van der Waals surface area contributed by atoms with Gasteiger partial charge in [-0.3, -0.25) is 0 Å². The van der Waals surface area contributed by atoms with E-state index < -0.39 is 0 Å². The molecule has 26 aromatic rings. The quantitative estimate of drug-likeness (QED) is 0.176. The molecule has 0 aliphatic heterocycles. The Kier molecular flexibility index (Phi) is 14.4. The number of aromatic nitrogens is 4. The lowest BCUT2D eigenvalue weighted by Crippen LogP contribution is -1.93. The van der Waals surface area contributed by atoms with Crippen molar-refractivity contribution in [3.05, 3.63) is 388 Å². The zero-order valence-corrected chi connectivity index (χ0v) is 61.2. The van der Waals surface area contributed by atoms with Crippen LogP contribution in [0, 0.1) is 0 Å². The summed E-state index contributed by atoms with van der Waals surface area (Å²) in [6, 6.07) is 137. The minimum atomic E-state index is 0.908. The first-order valence-electron chi connectivity index (χ1n) is 38.0. The highest BCUT2D eigenvalue weighted by Gasteiger charge is 2.25. The second kappa shape index (κ2) is 25.5. The van der Waals surface area contributed by atoms with Crippen LogP contribution in [-0.2, 0) is 0 Å². The molecule has 0 fully saturated rings. The summed E-state index contributed by atoms with van der Waals surface area (Å²) in [4.78, 5) is 0. The molecule has 8 aromatic heterocycles. The highest BCUT2D eigenvalue weighted by molar-refractivity contribution is 7.24. The minimum absolute atomic E-state index is 0.908. The molecule has 0 unspecified atom stereocenters. The normalized spacial score (nSPS) is 11.9. The molecule has 18 aromatic carbocycles. The lowest BCUT2D eigenvalue weighted by molar-refractivity contribution is 0.663. The Bertz CT molecular complexity index is 8030. The van der Waals surface area contributed by atoms with E-state index in [0.717, 1.165) is 66.7 Å². The highest BCUT2D eigenvalue weighted by atomic mass is 32.1. The summed E-state index contributed by atoms with van der Waals surface area (Å²) >= 11 is 1.88. The molecule has 8 heterocycles. The van der Waals surface area contributed by atoms with E-state index >= 15 is 0 Å². The monoisotopic (exact) mass is 1450 g/mol. The van der Waals surface area contributed by atoms with Gasteiger partial charge in [-0.15, -0.1) is 11.3 Å². The van der Waals surface area contributed by atoms with E-state index in [1.165, 1.54) is 151 Å². The van der Waals surface area contributed by atoms with E-state index in [9.17, 15) is 0 Å². The maximum Gasteiger partial charge on any atom is 0.145 e. The van der Waals surface area contributed by atoms with E-state index in [4.69, 9.17) is 13.3 Å². The van der Waals surface area contributed by atoms with E-state index in [0.29, 0.717) is 0 Å². The summed E-state index contributed by atoms with van der Waals surface area (Å²) < 4.78 is 31.7. The molecule has 7 nitrogen and oxygen atoms in total. The van der Waals surface area contributed by atoms with Crippen LogP contribution in [0.1, 0.15) is 0 Å². The molecule has 0 N–H and O–H groups in total. The first kappa shape index (κ1) is 63.4. The molecule has 524 valence electrons. The van der Waals surface area contributed by atoms with Gasteiger partial charge in [0.1, 0.15) is 33.5 Å². The zero-order valence-electron chi connectivity index (χ0n) is 60.4. The smallest absolute Gasteiger partial charge is 0.145 e. The first-order valence-corrected chi connectivity index (χ1v) is 38.9. The van der Waals surface area contributed by atoms with Crippen molar-refractivity contribution >= 4 is 206 Å². The molecule has 0 saturated carbocycles. The van der Waals surface area contributed by atoms with Crippen LogP contribution in [-0.4, -0.2) is 18.3 Å². The van der Waals surface area contributed by atoms with Crippen molar-refractivity contribution in [3.8, 4) is 22.7 Å². The Balaban J connectivity index is 0.0000000893. The SMILES string of the molecule is c1ccc(-n2c3cccc4c5ccccc5oc5c6ccccc6cc2c5c43)cc1.c1ccc(-n2c3cccc4oc5ccc6ccccc6c5c5cccc2c5c43)cc1.c1ccc(-n2c3cccc4oc5ccccc5c5cccc2c5c43)cc1.c1ccc(-n2c3cccc4sc5ccccc5c5cccc2c5c43)cc1. The summed E-state index contributed by atoms with van der Waals surface area (Å²) in [6.07, 6.45) is 0. The van der Waals surface area contributed by atoms with Crippen molar-refractivity contribution in [1.82, 2.24) is 18.3 Å². The van der Waals surface area contributed by atoms with Crippen molar-refractivity contribution in [2.45, 2.75) is 0 Å². The Labute approximate surface area is 644 Å². The van der Waals surface area contributed by atoms with Crippen LogP contribution in [0.15, 0.2) is 401 Å². The number of para-hydroxylation sites is 6. The lowest BCUT2D eigenvalue weighted by atomic mass is 10.0. The number of nitrogens with zero attached hydrogens (tertiary/aromatic N) is 4. The third-order valence-electron chi connectivity index (χ3n) is 22.7. The Morgan fingerprint density at radius 3 is 1.04 bits per heavy atom. The van der Waals surface area contributed by atoms with Crippen LogP contribution in [0.5, 0.6) is 0 Å². The van der Waals surface area contributed by atoms with Crippen molar-refractivity contribution in [2.24, 2.45) is 0 Å². The molecular weight excluding hydrogens is 1390 g/mol. The Morgan fingerprint density at radius 2 is 0.500 bits per heavy atom. The van der Waals surface area contributed by atoms with Crippen LogP contribution >= 0.6 is 11.3 Å². The number of rotatable bonds is 4. The van der Waals surface area contributed by atoms with Crippen molar-refractivity contribution < 1.29 is 13.3 Å². The van der Waals surface area contributed by atoms with E-state index in [2.05, 4.69) is 388 Å². The fraction of sp³-hybridized carbons (Fsp3) is 0. The summed E-state index contributed by atoms with van der Waals surface area (Å²) in [6.45, 7) is 0. The van der Waals surface area contributed by atoms with Gasteiger partial charge in [-0.05, 0) is 183 Å². The standard InChI is InChI=1S/2C28H17NO.C24H15NO.C24H15NS/c1-2-9-19(10-3-1)29-22-13-6-12-21-26-20-11-5-4-8-18(20)16-17-25(26)30-24-15-7-14-23(29)28(24)27(21)22;1-2-10-19(11-3-1)29-23-15-8-14-22-21-13-6-7-16-25(21)30-28-20-12-5-4-9-18(20)17-24(29)27(28)26(22)23;2*1-2-8-16(9-3-1)25-19-12-6-11-18-17-10-4-5-14-21(17)26-22-15-7-13-20(25)24(22)23(18)19/h2*1-17H;2*1-15H. The molecule has 0 spiro atoms. The van der Waals surface area contributed by atoms with Crippen molar-refractivity contribution in [2.75, 3.05) is 0 Å².